The first-order valence-electron chi connectivity index (χ1n) is 24.0. The van der Waals surface area contributed by atoms with E-state index in [1.807, 2.05) is 0 Å². The molecule has 0 bridgehead atoms. The van der Waals surface area contributed by atoms with E-state index in [0.717, 1.165) is 57.8 Å². The van der Waals surface area contributed by atoms with Crippen LogP contribution in [0.4, 0.5) is 0 Å². The number of rotatable bonds is 42. The number of carbonyl (C=O) groups is 3. The Hall–Kier alpha value is -3.23. The molecule has 0 N–H and O–H groups in total. The fourth-order valence-corrected chi connectivity index (χ4v) is 6.63. The minimum Gasteiger partial charge on any atom is -0.544 e. The van der Waals surface area contributed by atoms with Crippen molar-refractivity contribution in [3.8, 4) is 0 Å². The first-order chi connectivity index (χ1) is 29.1. The summed E-state index contributed by atoms with van der Waals surface area (Å²) in [5, 5.41) is 11.6. The number of esters is 2. The first kappa shape index (κ1) is 56.8. The molecule has 0 aliphatic rings. The molecule has 8 nitrogen and oxygen atoms in total. The molecule has 0 aromatic heterocycles. The van der Waals surface area contributed by atoms with Gasteiger partial charge in [-0.1, -0.05) is 164 Å². The van der Waals surface area contributed by atoms with E-state index in [2.05, 4.69) is 86.8 Å². The van der Waals surface area contributed by atoms with Crippen molar-refractivity contribution in [3.63, 3.8) is 0 Å². The number of ether oxygens (including phenoxy) is 3. The van der Waals surface area contributed by atoms with Crippen molar-refractivity contribution < 1.29 is 38.2 Å². The van der Waals surface area contributed by atoms with Crippen LogP contribution in [0, 0.1) is 0 Å². The molecule has 0 saturated carbocycles. The van der Waals surface area contributed by atoms with Gasteiger partial charge >= 0.3 is 11.9 Å². The third-order valence-corrected chi connectivity index (χ3v) is 10.3. The summed E-state index contributed by atoms with van der Waals surface area (Å²) < 4.78 is 17.1. The van der Waals surface area contributed by atoms with Crippen LogP contribution in [-0.2, 0) is 28.6 Å². The summed E-state index contributed by atoms with van der Waals surface area (Å²) in [5.74, 6) is -1.82. The number of carboxylic acids is 1. The van der Waals surface area contributed by atoms with E-state index in [0.29, 0.717) is 12.8 Å². The van der Waals surface area contributed by atoms with Crippen molar-refractivity contribution in [3.05, 3.63) is 72.9 Å². The fraction of sp³-hybridized carbons (Fsp3) is 0.712. The minimum absolute atomic E-state index is 0.0136. The third-order valence-electron chi connectivity index (χ3n) is 10.3. The predicted molar refractivity (Wildman–Crippen MR) is 249 cm³/mol. The average molecular weight is 840 g/mol. The molecular formula is C52H89NO7. The van der Waals surface area contributed by atoms with Gasteiger partial charge in [-0.3, -0.25) is 9.59 Å². The van der Waals surface area contributed by atoms with Gasteiger partial charge in [0, 0.05) is 19.3 Å². The van der Waals surface area contributed by atoms with E-state index in [-0.39, 0.29) is 49.1 Å². The van der Waals surface area contributed by atoms with Crippen molar-refractivity contribution in [1.29, 1.82) is 0 Å². The quantitative estimate of drug-likeness (QED) is 0.0261. The number of aliphatic carboxylic acids is 1. The van der Waals surface area contributed by atoms with Crippen LogP contribution in [0.1, 0.15) is 187 Å². The highest BCUT2D eigenvalue weighted by Gasteiger charge is 2.25. The highest BCUT2D eigenvalue weighted by Crippen LogP contribution is 2.13. The maximum absolute atomic E-state index is 12.7. The zero-order chi connectivity index (χ0) is 44.2. The largest absolute Gasteiger partial charge is 0.544 e. The summed E-state index contributed by atoms with van der Waals surface area (Å²) >= 11 is 0. The monoisotopic (exact) mass is 840 g/mol. The second kappa shape index (κ2) is 42.5. The van der Waals surface area contributed by atoms with Gasteiger partial charge in [-0.2, -0.15) is 0 Å². The predicted octanol–water partition coefficient (Wildman–Crippen LogP) is 12.2. The van der Waals surface area contributed by atoms with Crippen molar-refractivity contribution in [2.24, 2.45) is 0 Å². The van der Waals surface area contributed by atoms with Crippen LogP contribution in [0.25, 0.3) is 0 Å². The van der Waals surface area contributed by atoms with Crippen molar-refractivity contribution in [1.82, 2.24) is 0 Å². The van der Waals surface area contributed by atoms with Gasteiger partial charge in [-0.05, 0) is 77.0 Å². The Balaban J connectivity index is 4.39. The second-order valence-corrected chi connectivity index (χ2v) is 17.0. The van der Waals surface area contributed by atoms with E-state index < -0.39 is 18.1 Å². The van der Waals surface area contributed by atoms with Crippen LogP contribution in [0.15, 0.2) is 72.9 Å². The number of nitrogens with zero attached hydrogens (tertiary/aromatic N) is 1. The number of hydrogen-bond donors (Lipinski definition) is 0. The number of unbranched alkanes of at least 4 members (excludes halogenated alkanes) is 16. The number of quaternary nitrogens is 1. The Labute approximate surface area is 368 Å². The normalized spacial score (nSPS) is 13.6. The molecule has 344 valence electrons. The molecule has 0 aromatic carbocycles. The Morgan fingerprint density at radius 1 is 0.517 bits per heavy atom. The van der Waals surface area contributed by atoms with Gasteiger partial charge in [-0.25, -0.2) is 0 Å². The summed E-state index contributed by atoms with van der Waals surface area (Å²) in [6.07, 6.45) is 53.7. The molecule has 0 fully saturated rings. The molecule has 60 heavy (non-hydrogen) atoms. The van der Waals surface area contributed by atoms with Gasteiger partial charge in [0.15, 0.2) is 6.10 Å². The Morgan fingerprint density at radius 3 is 1.45 bits per heavy atom. The van der Waals surface area contributed by atoms with Gasteiger partial charge in [-0.15, -0.1) is 0 Å². The van der Waals surface area contributed by atoms with Crippen LogP contribution in [-0.4, -0.2) is 75.5 Å². The molecule has 0 rings (SSSR count). The highest BCUT2D eigenvalue weighted by molar-refractivity contribution is 5.70. The van der Waals surface area contributed by atoms with Crippen LogP contribution in [0.5, 0.6) is 0 Å². The van der Waals surface area contributed by atoms with Gasteiger partial charge in [0.2, 0.25) is 0 Å². The molecular weight excluding hydrogens is 751 g/mol. The molecule has 0 radical (unpaired) electrons. The Bertz CT molecular complexity index is 1210. The lowest BCUT2D eigenvalue weighted by Crippen LogP contribution is -2.55. The summed E-state index contributed by atoms with van der Waals surface area (Å²) in [6, 6.07) is -0.740. The van der Waals surface area contributed by atoms with Gasteiger partial charge < -0.3 is 28.6 Å². The summed E-state index contributed by atoms with van der Waals surface area (Å²) in [5.41, 5.74) is 0. The fourth-order valence-electron chi connectivity index (χ4n) is 6.63. The first-order valence-corrected chi connectivity index (χ1v) is 24.0. The smallest absolute Gasteiger partial charge is 0.306 e. The van der Waals surface area contributed by atoms with E-state index in [4.69, 9.17) is 14.2 Å². The van der Waals surface area contributed by atoms with E-state index >= 15 is 0 Å². The van der Waals surface area contributed by atoms with Crippen molar-refractivity contribution in [2.75, 3.05) is 41.0 Å². The molecule has 0 amide bonds. The zero-order valence-electron chi connectivity index (χ0n) is 39.1. The van der Waals surface area contributed by atoms with Crippen molar-refractivity contribution in [2.45, 2.75) is 199 Å². The van der Waals surface area contributed by atoms with E-state index in [1.165, 1.54) is 89.9 Å². The van der Waals surface area contributed by atoms with E-state index in [9.17, 15) is 19.5 Å². The Kier molecular flexibility index (Phi) is 40.2. The topological polar surface area (TPSA) is 102 Å². The SMILES string of the molecule is CC/C=C/C/C=C/C/C=C/C/C=C/C/C=C/CCCC(=O)OC(COCCC(C(=O)[O-])[N+](C)(C)C)COC(=O)CCCCCCCCC/C=C/CCCCCCCCCC. The molecule has 2 unspecified atom stereocenters. The van der Waals surface area contributed by atoms with Gasteiger partial charge in [0.05, 0.1) is 40.3 Å². The summed E-state index contributed by atoms with van der Waals surface area (Å²) in [7, 11) is 5.38. The molecule has 0 aromatic rings. The zero-order valence-corrected chi connectivity index (χ0v) is 39.1. The lowest BCUT2D eigenvalue weighted by molar-refractivity contribution is -0.889. The van der Waals surface area contributed by atoms with E-state index in [1.54, 1.807) is 21.1 Å². The maximum atomic E-state index is 12.7. The van der Waals surface area contributed by atoms with Crippen LogP contribution in [0.2, 0.25) is 0 Å². The lowest BCUT2D eigenvalue weighted by Gasteiger charge is -2.34. The molecule has 0 spiro atoms. The standard InChI is InChI=1S/C52H89NO7/c1-6-8-10-12-14-16-18-20-22-24-25-27-28-30-32-34-36-38-40-42-50(54)59-47-48(46-58-45-44-49(52(56)57)53(3,4)5)60-51(55)43-41-39-37-35-33-31-29-26-23-21-19-17-15-13-11-9-7-2/h9,11,15,17,21,23-25,29,31,35,37,48-49H,6-8,10,12-14,16,18-20,22,26-28,30,32-34,36,38-47H2,1-5H3/b11-9+,17-15+,23-21+,25-24+,31-29+,37-35+. The third kappa shape index (κ3) is 40.2. The number of carbonyl (C=O) groups excluding carboxylic acids is 3. The van der Waals surface area contributed by atoms with Gasteiger partial charge in [0.25, 0.3) is 0 Å². The van der Waals surface area contributed by atoms with Crippen LogP contribution < -0.4 is 5.11 Å². The molecule has 0 aliphatic heterocycles. The highest BCUT2D eigenvalue weighted by atomic mass is 16.6. The maximum Gasteiger partial charge on any atom is 0.306 e. The molecule has 0 saturated heterocycles. The lowest BCUT2D eigenvalue weighted by atomic mass is 10.1. The molecule has 2 atom stereocenters. The number of hydrogen-bond acceptors (Lipinski definition) is 7. The van der Waals surface area contributed by atoms with Gasteiger partial charge in [0.1, 0.15) is 12.6 Å². The van der Waals surface area contributed by atoms with Crippen molar-refractivity contribution >= 4 is 17.9 Å². The van der Waals surface area contributed by atoms with Crippen LogP contribution >= 0.6 is 0 Å². The number of allylic oxidation sites excluding steroid dienone is 12. The molecule has 8 heteroatoms. The number of carboxylic acid groups (broad SMARTS) is 1. The molecule has 0 aliphatic carbocycles. The minimum atomic E-state index is -1.14. The summed E-state index contributed by atoms with van der Waals surface area (Å²) in [4.78, 5) is 36.9. The number of likely N-dealkylation sites (N-methyl/N-ethyl adjacent to an activating group) is 1. The average Bonchev–Trinajstić information content (AvgIpc) is 3.21. The van der Waals surface area contributed by atoms with Crippen LogP contribution in [0.3, 0.4) is 0 Å². The summed E-state index contributed by atoms with van der Waals surface area (Å²) in [6.45, 7) is 4.48. The molecule has 0 heterocycles. The second-order valence-electron chi connectivity index (χ2n) is 17.0. The Morgan fingerprint density at radius 2 is 0.950 bits per heavy atom.